The van der Waals surface area contributed by atoms with Crippen molar-refractivity contribution in [2.45, 2.75) is 31.1 Å². The molecule has 1 fully saturated rings. The van der Waals surface area contributed by atoms with Crippen LogP contribution in [0.2, 0.25) is 5.28 Å². The zero-order chi connectivity index (χ0) is 13.2. The number of nitrogens with zero attached hydrogens (tertiary/aromatic N) is 2. The highest BCUT2D eigenvalue weighted by molar-refractivity contribution is 7.89. The molecular formula is C11H16ClN3O2S. The summed E-state index contributed by atoms with van der Waals surface area (Å²) >= 11 is 5.52. The highest BCUT2D eigenvalue weighted by Gasteiger charge is 2.25. The van der Waals surface area contributed by atoms with Gasteiger partial charge in [0.15, 0.2) is 0 Å². The van der Waals surface area contributed by atoms with Crippen LogP contribution in [0.1, 0.15) is 26.2 Å². The molecule has 0 aliphatic heterocycles. The molecule has 1 aromatic heterocycles. The summed E-state index contributed by atoms with van der Waals surface area (Å²) < 4.78 is 26.6. The van der Waals surface area contributed by atoms with Crippen molar-refractivity contribution < 1.29 is 8.42 Å². The van der Waals surface area contributed by atoms with E-state index in [4.69, 9.17) is 11.6 Å². The Morgan fingerprint density at radius 3 is 2.61 bits per heavy atom. The molecule has 1 aromatic rings. The Hall–Kier alpha value is -0.720. The third-order valence-electron chi connectivity index (χ3n) is 3.48. The molecule has 5 nitrogen and oxygen atoms in total. The van der Waals surface area contributed by atoms with Gasteiger partial charge >= 0.3 is 0 Å². The van der Waals surface area contributed by atoms with Gasteiger partial charge in [0.2, 0.25) is 15.3 Å². The van der Waals surface area contributed by atoms with Crippen molar-refractivity contribution >= 4 is 21.6 Å². The van der Waals surface area contributed by atoms with Crippen LogP contribution in [0.3, 0.4) is 0 Å². The van der Waals surface area contributed by atoms with Gasteiger partial charge in [0.25, 0.3) is 0 Å². The molecule has 0 spiro atoms. The molecular weight excluding hydrogens is 274 g/mol. The first-order valence-electron chi connectivity index (χ1n) is 5.96. The summed E-state index contributed by atoms with van der Waals surface area (Å²) in [7, 11) is -3.52. The minimum atomic E-state index is -3.52. The number of sulfonamides is 1. The van der Waals surface area contributed by atoms with E-state index in [1.807, 2.05) is 0 Å². The van der Waals surface area contributed by atoms with Crippen molar-refractivity contribution in [3.63, 3.8) is 0 Å². The summed E-state index contributed by atoms with van der Waals surface area (Å²) in [6.45, 7) is 2.64. The highest BCUT2D eigenvalue weighted by Crippen LogP contribution is 2.30. The molecule has 0 bridgehead atoms. The monoisotopic (exact) mass is 289 g/mol. The average Bonchev–Trinajstić information content (AvgIpc) is 2.73. The van der Waals surface area contributed by atoms with Crippen molar-refractivity contribution in [3.8, 4) is 0 Å². The maximum Gasteiger partial charge on any atom is 0.243 e. The third kappa shape index (κ3) is 3.18. The van der Waals surface area contributed by atoms with E-state index >= 15 is 0 Å². The van der Waals surface area contributed by atoms with Crippen molar-refractivity contribution in [2.24, 2.45) is 11.8 Å². The van der Waals surface area contributed by atoms with E-state index in [0.717, 1.165) is 6.42 Å². The molecule has 18 heavy (non-hydrogen) atoms. The van der Waals surface area contributed by atoms with Gasteiger partial charge in [-0.2, -0.15) is 0 Å². The fourth-order valence-corrected chi connectivity index (χ4v) is 3.35. The Bertz CT molecular complexity index is 504. The molecule has 1 aliphatic carbocycles. The maximum absolute atomic E-state index is 12.0. The quantitative estimate of drug-likeness (QED) is 0.859. The van der Waals surface area contributed by atoms with Crippen LogP contribution in [0.15, 0.2) is 17.3 Å². The first-order chi connectivity index (χ1) is 8.49. The molecule has 100 valence electrons. The maximum atomic E-state index is 12.0. The number of rotatable bonds is 4. The van der Waals surface area contributed by atoms with E-state index in [-0.39, 0.29) is 10.2 Å². The molecule has 1 aliphatic rings. The lowest BCUT2D eigenvalue weighted by molar-refractivity contribution is 0.414. The van der Waals surface area contributed by atoms with Gasteiger partial charge in [-0.15, -0.1) is 0 Å². The molecule has 2 rings (SSSR count). The van der Waals surface area contributed by atoms with Crippen molar-refractivity contribution in [3.05, 3.63) is 17.7 Å². The molecule has 2 atom stereocenters. The Balaban J connectivity index is 2.01. The molecule has 1 N–H and O–H groups in total. The summed E-state index contributed by atoms with van der Waals surface area (Å²) in [4.78, 5) is 7.40. The molecule has 7 heteroatoms. The number of hydrogen-bond acceptors (Lipinski definition) is 4. The van der Waals surface area contributed by atoms with Gasteiger partial charge < -0.3 is 0 Å². The number of hydrogen-bond donors (Lipinski definition) is 1. The standard InChI is InChI=1S/C11H16ClN3O2S/c1-8-3-2-4-9(8)5-15-18(16,17)10-6-13-11(12)14-7-10/h6-9,15H,2-5H2,1H3. The van der Waals surface area contributed by atoms with Crippen LogP contribution in [0.4, 0.5) is 0 Å². The van der Waals surface area contributed by atoms with E-state index in [0.29, 0.717) is 18.4 Å². The Morgan fingerprint density at radius 2 is 2.06 bits per heavy atom. The van der Waals surface area contributed by atoms with Gasteiger partial charge in [-0.3, -0.25) is 0 Å². The van der Waals surface area contributed by atoms with Crippen LogP contribution in [0.5, 0.6) is 0 Å². The van der Waals surface area contributed by atoms with Crippen LogP contribution in [-0.4, -0.2) is 24.9 Å². The summed E-state index contributed by atoms with van der Waals surface area (Å²) in [5, 5.41) is 0.0402. The zero-order valence-corrected chi connectivity index (χ0v) is 11.7. The number of halogens is 1. The summed E-state index contributed by atoms with van der Waals surface area (Å²) in [6.07, 6.45) is 5.88. The van der Waals surface area contributed by atoms with Crippen molar-refractivity contribution in [1.29, 1.82) is 0 Å². The number of nitrogens with one attached hydrogen (secondary N) is 1. The minimum Gasteiger partial charge on any atom is -0.225 e. The van der Waals surface area contributed by atoms with Crippen LogP contribution in [0.25, 0.3) is 0 Å². The van der Waals surface area contributed by atoms with Crippen molar-refractivity contribution in [2.75, 3.05) is 6.54 Å². The lowest BCUT2D eigenvalue weighted by atomic mass is 9.99. The van der Waals surface area contributed by atoms with E-state index in [1.54, 1.807) is 0 Å². The highest BCUT2D eigenvalue weighted by atomic mass is 35.5. The SMILES string of the molecule is CC1CCCC1CNS(=O)(=O)c1cnc(Cl)nc1. The predicted molar refractivity (Wildman–Crippen MR) is 68.7 cm³/mol. The van der Waals surface area contributed by atoms with Gasteiger partial charge in [-0.1, -0.05) is 19.8 Å². The van der Waals surface area contributed by atoms with Crippen LogP contribution < -0.4 is 4.72 Å². The molecule has 2 unspecified atom stereocenters. The Morgan fingerprint density at radius 1 is 1.39 bits per heavy atom. The molecule has 0 aromatic carbocycles. The van der Waals surface area contributed by atoms with Crippen LogP contribution in [0, 0.1) is 11.8 Å². The van der Waals surface area contributed by atoms with Crippen molar-refractivity contribution in [1.82, 2.24) is 14.7 Å². The van der Waals surface area contributed by atoms with E-state index in [9.17, 15) is 8.42 Å². The second kappa shape index (κ2) is 5.50. The molecule has 1 saturated carbocycles. The molecule has 1 heterocycles. The summed E-state index contributed by atoms with van der Waals surface area (Å²) in [5.41, 5.74) is 0. The molecule has 0 saturated heterocycles. The first kappa shape index (κ1) is 13.7. The molecule has 0 radical (unpaired) electrons. The number of aromatic nitrogens is 2. The zero-order valence-electron chi connectivity index (χ0n) is 10.1. The smallest absolute Gasteiger partial charge is 0.225 e. The second-order valence-electron chi connectivity index (χ2n) is 4.71. The van der Waals surface area contributed by atoms with Gasteiger partial charge in [-0.05, 0) is 29.9 Å². The summed E-state index contributed by atoms with van der Waals surface area (Å²) in [6, 6.07) is 0. The second-order valence-corrected chi connectivity index (χ2v) is 6.81. The Kier molecular flexibility index (Phi) is 4.19. The summed E-state index contributed by atoms with van der Waals surface area (Å²) in [5.74, 6) is 1.00. The van der Waals surface area contributed by atoms with Gasteiger partial charge in [-0.25, -0.2) is 23.1 Å². The lowest BCUT2D eigenvalue weighted by Gasteiger charge is -2.15. The normalized spacial score (nSPS) is 24.3. The van der Waals surface area contributed by atoms with Crippen LogP contribution >= 0.6 is 11.6 Å². The fourth-order valence-electron chi connectivity index (χ4n) is 2.26. The van der Waals surface area contributed by atoms with E-state index in [2.05, 4.69) is 21.6 Å². The lowest BCUT2D eigenvalue weighted by Crippen LogP contribution is -2.30. The predicted octanol–water partition coefficient (Wildman–Crippen LogP) is 1.84. The van der Waals surface area contributed by atoms with Gasteiger partial charge in [0.1, 0.15) is 4.90 Å². The van der Waals surface area contributed by atoms with Crippen LogP contribution in [-0.2, 0) is 10.0 Å². The van der Waals surface area contributed by atoms with E-state index < -0.39 is 10.0 Å². The third-order valence-corrected chi connectivity index (χ3v) is 5.05. The largest absolute Gasteiger partial charge is 0.243 e. The topological polar surface area (TPSA) is 72.0 Å². The van der Waals surface area contributed by atoms with Gasteiger partial charge in [0.05, 0.1) is 12.4 Å². The Labute approximate surface area is 112 Å². The average molecular weight is 290 g/mol. The molecule has 0 amide bonds. The van der Waals surface area contributed by atoms with Gasteiger partial charge in [0, 0.05) is 6.54 Å². The van der Waals surface area contributed by atoms with E-state index in [1.165, 1.54) is 25.2 Å². The fraction of sp³-hybridized carbons (Fsp3) is 0.636. The first-order valence-corrected chi connectivity index (χ1v) is 7.82. The minimum absolute atomic E-state index is 0.0402.